The van der Waals surface area contributed by atoms with Gasteiger partial charge >= 0.3 is 0 Å². The summed E-state index contributed by atoms with van der Waals surface area (Å²) in [5, 5.41) is 0.697. The Morgan fingerprint density at radius 3 is 2.50 bits per heavy atom. The van der Waals surface area contributed by atoms with Gasteiger partial charge in [-0.25, -0.2) is 0 Å². The van der Waals surface area contributed by atoms with Gasteiger partial charge in [0.1, 0.15) is 0 Å². The summed E-state index contributed by atoms with van der Waals surface area (Å²) in [6.07, 6.45) is 0.356. The molecule has 104 valence electrons. The van der Waals surface area contributed by atoms with Gasteiger partial charge in [-0.05, 0) is 35.4 Å². The standard InChI is InChI=1S/C16H17ClN2O/c1-19(11-12-5-7-14(17)8-6-12)16(20)10-13-3-2-4-15(18)9-13/h2-9H,10-11,18H2,1H3. The molecule has 2 N–H and O–H groups in total. The van der Waals surface area contributed by atoms with Crippen LogP contribution in [0.4, 0.5) is 5.69 Å². The van der Waals surface area contributed by atoms with E-state index in [1.165, 1.54) is 0 Å². The minimum absolute atomic E-state index is 0.0607. The smallest absolute Gasteiger partial charge is 0.227 e. The van der Waals surface area contributed by atoms with Crippen molar-refractivity contribution < 1.29 is 4.79 Å². The summed E-state index contributed by atoms with van der Waals surface area (Å²) < 4.78 is 0. The molecule has 2 aromatic carbocycles. The number of hydrogen-bond donors (Lipinski definition) is 1. The van der Waals surface area contributed by atoms with Crippen molar-refractivity contribution >= 4 is 23.2 Å². The molecule has 0 atom stereocenters. The number of halogens is 1. The highest BCUT2D eigenvalue weighted by atomic mass is 35.5. The lowest BCUT2D eigenvalue weighted by Gasteiger charge is -2.17. The van der Waals surface area contributed by atoms with E-state index >= 15 is 0 Å². The van der Waals surface area contributed by atoms with Crippen molar-refractivity contribution in [2.24, 2.45) is 0 Å². The number of rotatable bonds is 4. The molecule has 0 radical (unpaired) electrons. The number of nitrogen functional groups attached to an aromatic ring is 1. The fraction of sp³-hybridized carbons (Fsp3) is 0.188. The average Bonchev–Trinajstić information content (AvgIpc) is 2.41. The first-order valence-electron chi connectivity index (χ1n) is 6.37. The van der Waals surface area contributed by atoms with Gasteiger partial charge in [0.05, 0.1) is 6.42 Å². The van der Waals surface area contributed by atoms with E-state index in [1.807, 2.05) is 48.5 Å². The first kappa shape index (κ1) is 14.4. The van der Waals surface area contributed by atoms with Crippen molar-refractivity contribution in [2.45, 2.75) is 13.0 Å². The van der Waals surface area contributed by atoms with Gasteiger partial charge in [-0.2, -0.15) is 0 Å². The van der Waals surface area contributed by atoms with Crippen LogP contribution in [-0.2, 0) is 17.8 Å². The molecule has 0 unspecified atom stereocenters. The lowest BCUT2D eigenvalue weighted by atomic mass is 10.1. The zero-order valence-electron chi connectivity index (χ0n) is 11.3. The number of carbonyl (C=O) groups is 1. The Morgan fingerprint density at radius 2 is 1.85 bits per heavy atom. The van der Waals surface area contributed by atoms with Gasteiger partial charge in [0, 0.05) is 24.3 Å². The number of hydrogen-bond acceptors (Lipinski definition) is 2. The lowest BCUT2D eigenvalue weighted by molar-refractivity contribution is -0.129. The zero-order chi connectivity index (χ0) is 14.5. The Morgan fingerprint density at radius 1 is 1.15 bits per heavy atom. The van der Waals surface area contributed by atoms with Crippen molar-refractivity contribution in [3.05, 3.63) is 64.7 Å². The molecular formula is C16H17ClN2O. The van der Waals surface area contributed by atoms with Gasteiger partial charge in [0.25, 0.3) is 0 Å². The van der Waals surface area contributed by atoms with E-state index in [9.17, 15) is 4.79 Å². The normalized spacial score (nSPS) is 10.3. The van der Waals surface area contributed by atoms with Crippen LogP contribution in [0.25, 0.3) is 0 Å². The third-order valence-electron chi connectivity index (χ3n) is 3.07. The SMILES string of the molecule is CN(Cc1ccc(Cl)cc1)C(=O)Cc1cccc(N)c1. The van der Waals surface area contributed by atoms with E-state index in [0.717, 1.165) is 11.1 Å². The van der Waals surface area contributed by atoms with Gasteiger partial charge in [-0.1, -0.05) is 35.9 Å². The number of nitrogens with zero attached hydrogens (tertiary/aromatic N) is 1. The number of amides is 1. The minimum atomic E-state index is 0.0607. The summed E-state index contributed by atoms with van der Waals surface area (Å²) >= 11 is 5.84. The van der Waals surface area contributed by atoms with Gasteiger partial charge in [-0.3, -0.25) is 4.79 Å². The van der Waals surface area contributed by atoms with Crippen LogP contribution in [0, 0.1) is 0 Å². The maximum atomic E-state index is 12.2. The lowest BCUT2D eigenvalue weighted by Crippen LogP contribution is -2.27. The highest BCUT2D eigenvalue weighted by Crippen LogP contribution is 2.12. The molecule has 4 heteroatoms. The van der Waals surface area contributed by atoms with E-state index in [2.05, 4.69) is 0 Å². The fourth-order valence-electron chi connectivity index (χ4n) is 1.96. The zero-order valence-corrected chi connectivity index (χ0v) is 12.1. The Labute approximate surface area is 124 Å². The summed E-state index contributed by atoms with van der Waals surface area (Å²) in [6.45, 7) is 0.568. The topological polar surface area (TPSA) is 46.3 Å². The molecule has 1 amide bonds. The minimum Gasteiger partial charge on any atom is -0.399 e. The van der Waals surface area contributed by atoms with E-state index in [0.29, 0.717) is 23.7 Å². The van der Waals surface area contributed by atoms with Crippen molar-refractivity contribution in [3.63, 3.8) is 0 Å². The predicted molar refractivity (Wildman–Crippen MR) is 82.5 cm³/mol. The molecule has 2 aromatic rings. The Hall–Kier alpha value is -2.00. The maximum Gasteiger partial charge on any atom is 0.227 e. The third kappa shape index (κ3) is 4.00. The molecule has 2 rings (SSSR count). The van der Waals surface area contributed by atoms with E-state index in [4.69, 9.17) is 17.3 Å². The van der Waals surface area contributed by atoms with Gasteiger partial charge < -0.3 is 10.6 Å². The van der Waals surface area contributed by atoms with Crippen LogP contribution >= 0.6 is 11.6 Å². The van der Waals surface area contributed by atoms with Crippen LogP contribution in [0.15, 0.2) is 48.5 Å². The first-order valence-corrected chi connectivity index (χ1v) is 6.75. The molecule has 0 bridgehead atoms. The number of anilines is 1. The largest absolute Gasteiger partial charge is 0.399 e. The molecule has 0 aliphatic heterocycles. The van der Waals surface area contributed by atoms with E-state index in [-0.39, 0.29) is 5.91 Å². The monoisotopic (exact) mass is 288 g/mol. The Balaban J connectivity index is 1.96. The van der Waals surface area contributed by atoms with Crippen LogP contribution in [0.2, 0.25) is 5.02 Å². The summed E-state index contributed by atoms with van der Waals surface area (Å²) in [5.74, 6) is 0.0607. The van der Waals surface area contributed by atoms with Crippen molar-refractivity contribution in [1.29, 1.82) is 0 Å². The van der Waals surface area contributed by atoms with Crippen LogP contribution in [0.5, 0.6) is 0 Å². The molecule has 0 aliphatic carbocycles. The first-order chi connectivity index (χ1) is 9.54. The highest BCUT2D eigenvalue weighted by molar-refractivity contribution is 6.30. The molecule has 0 heterocycles. The fourth-order valence-corrected chi connectivity index (χ4v) is 2.09. The van der Waals surface area contributed by atoms with Gasteiger partial charge in [0.2, 0.25) is 5.91 Å². The molecule has 0 aliphatic rings. The van der Waals surface area contributed by atoms with E-state index < -0.39 is 0 Å². The van der Waals surface area contributed by atoms with Gasteiger partial charge in [-0.15, -0.1) is 0 Å². The second-order valence-electron chi connectivity index (χ2n) is 4.80. The Kier molecular flexibility index (Phi) is 4.64. The predicted octanol–water partition coefficient (Wildman–Crippen LogP) is 3.12. The van der Waals surface area contributed by atoms with E-state index in [1.54, 1.807) is 11.9 Å². The van der Waals surface area contributed by atoms with Gasteiger partial charge in [0.15, 0.2) is 0 Å². The summed E-state index contributed by atoms with van der Waals surface area (Å²) in [6, 6.07) is 14.9. The van der Waals surface area contributed by atoms with Crippen molar-refractivity contribution in [2.75, 3.05) is 12.8 Å². The highest BCUT2D eigenvalue weighted by Gasteiger charge is 2.10. The molecule has 3 nitrogen and oxygen atoms in total. The molecule has 0 aromatic heterocycles. The molecule has 0 fully saturated rings. The number of likely N-dealkylation sites (N-methyl/N-ethyl adjacent to an activating group) is 1. The van der Waals surface area contributed by atoms with Crippen LogP contribution in [0.1, 0.15) is 11.1 Å². The van der Waals surface area contributed by atoms with Crippen molar-refractivity contribution in [3.8, 4) is 0 Å². The second-order valence-corrected chi connectivity index (χ2v) is 5.23. The summed E-state index contributed by atoms with van der Waals surface area (Å²) in [7, 11) is 1.79. The maximum absolute atomic E-state index is 12.2. The molecule has 0 saturated heterocycles. The quantitative estimate of drug-likeness (QED) is 0.879. The molecular weight excluding hydrogens is 272 g/mol. The average molecular weight is 289 g/mol. The Bertz CT molecular complexity index is 596. The summed E-state index contributed by atoms with van der Waals surface area (Å²) in [4.78, 5) is 13.9. The number of carbonyl (C=O) groups excluding carboxylic acids is 1. The van der Waals surface area contributed by atoms with Crippen LogP contribution in [0.3, 0.4) is 0 Å². The second kappa shape index (κ2) is 6.44. The molecule has 20 heavy (non-hydrogen) atoms. The van der Waals surface area contributed by atoms with Crippen LogP contribution < -0.4 is 5.73 Å². The van der Waals surface area contributed by atoms with Crippen molar-refractivity contribution in [1.82, 2.24) is 4.90 Å². The van der Waals surface area contributed by atoms with Crippen LogP contribution in [-0.4, -0.2) is 17.9 Å². The third-order valence-corrected chi connectivity index (χ3v) is 3.32. The molecule has 0 spiro atoms. The number of nitrogens with two attached hydrogens (primary N) is 1. The molecule has 0 saturated carbocycles. The summed E-state index contributed by atoms with van der Waals surface area (Å²) in [5.41, 5.74) is 8.37. The number of benzene rings is 2.